The van der Waals surface area contributed by atoms with Crippen LogP contribution in [0.2, 0.25) is 0 Å². The molecule has 1 unspecified atom stereocenters. The molecule has 1 atom stereocenters. The molecule has 0 saturated carbocycles. The van der Waals surface area contributed by atoms with Crippen LogP contribution in [-0.2, 0) is 9.84 Å². The maximum Gasteiger partial charge on any atom is 0.175 e. The SMILES string of the molecule is CS(=O)(=O)c1ccc(-c2ccccc2)c(C(O)N2CCN(c3ccc(F)cc3F)CC2)c1. The van der Waals surface area contributed by atoms with Gasteiger partial charge in [-0.1, -0.05) is 36.4 Å². The second-order valence-electron chi connectivity index (χ2n) is 7.88. The van der Waals surface area contributed by atoms with Gasteiger partial charge in [0.2, 0.25) is 0 Å². The summed E-state index contributed by atoms with van der Waals surface area (Å²) in [7, 11) is -3.45. The van der Waals surface area contributed by atoms with Crippen LogP contribution in [0.25, 0.3) is 11.1 Å². The third-order valence-electron chi connectivity index (χ3n) is 5.72. The Morgan fingerprint density at radius 2 is 1.59 bits per heavy atom. The maximum atomic E-state index is 14.2. The molecule has 0 radical (unpaired) electrons. The zero-order valence-corrected chi connectivity index (χ0v) is 18.4. The van der Waals surface area contributed by atoms with E-state index in [0.29, 0.717) is 37.4 Å². The van der Waals surface area contributed by atoms with Crippen molar-refractivity contribution >= 4 is 15.5 Å². The van der Waals surface area contributed by atoms with E-state index in [9.17, 15) is 22.3 Å². The summed E-state index contributed by atoms with van der Waals surface area (Å²) in [5.74, 6) is -1.24. The monoisotopic (exact) mass is 458 g/mol. The van der Waals surface area contributed by atoms with Gasteiger partial charge in [0, 0.05) is 44.1 Å². The lowest BCUT2D eigenvalue weighted by molar-refractivity contribution is -0.00139. The predicted octanol–water partition coefficient (Wildman–Crippen LogP) is 3.85. The third-order valence-corrected chi connectivity index (χ3v) is 6.83. The van der Waals surface area contributed by atoms with E-state index < -0.39 is 27.7 Å². The second kappa shape index (κ2) is 8.97. The number of hydrogen-bond acceptors (Lipinski definition) is 5. The molecule has 0 aromatic heterocycles. The highest BCUT2D eigenvalue weighted by Gasteiger charge is 2.27. The van der Waals surface area contributed by atoms with Gasteiger partial charge in [-0.2, -0.15) is 0 Å². The summed E-state index contributed by atoms with van der Waals surface area (Å²) in [6.45, 7) is 1.72. The minimum atomic E-state index is -3.45. The molecule has 168 valence electrons. The standard InChI is InChI=1S/C24H24F2N2O3S/c1-32(30,31)19-8-9-20(17-5-3-2-4-6-17)21(16-19)24(29)28-13-11-27(12-14-28)23-10-7-18(25)15-22(23)26/h2-10,15-16,24,29H,11-14H2,1H3. The van der Waals surface area contributed by atoms with Gasteiger partial charge < -0.3 is 10.0 Å². The molecule has 1 N–H and O–H groups in total. The van der Waals surface area contributed by atoms with Crippen LogP contribution in [0.3, 0.4) is 0 Å². The Hall–Kier alpha value is -2.81. The van der Waals surface area contributed by atoms with Crippen LogP contribution in [0, 0.1) is 11.6 Å². The molecule has 1 heterocycles. The van der Waals surface area contributed by atoms with Gasteiger partial charge in [-0.25, -0.2) is 17.2 Å². The molecular weight excluding hydrogens is 434 g/mol. The van der Waals surface area contributed by atoms with Crippen molar-refractivity contribution in [3.63, 3.8) is 0 Å². The van der Waals surface area contributed by atoms with Crippen LogP contribution >= 0.6 is 0 Å². The largest absolute Gasteiger partial charge is 0.374 e. The van der Waals surface area contributed by atoms with Gasteiger partial charge in [-0.3, -0.25) is 4.90 Å². The molecule has 4 rings (SSSR count). The summed E-state index contributed by atoms with van der Waals surface area (Å²) in [5, 5.41) is 11.2. The number of hydrogen-bond donors (Lipinski definition) is 1. The van der Waals surface area contributed by atoms with E-state index in [4.69, 9.17) is 0 Å². The molecule has 1 aliphatic heterocycles. The fourth-order valence-electron chi connectivity index (χ4n) is 4.01. The summed E-state index contributed by atoms with van der Waals surface area (Å²) in [6, 6.07) is 17.7. The highest BCUT2D eigenvalue weighted by molar-refractivity contribution is 7.90. The fraction of sp³-hybridized carbons (Fsp3) is 0.250. The molecule has 1 fully saturated rings. The van der Waals surface area contributed by atoms with Gasteiger partial charge in [0.05, 0.1) is 10.6 Å². The average molecular weight is 459 g/mol. The molecule has 0 bridgehead atoms. The lowest BCUT2D eigenvalue weighted by atomic mass is 9.98. The quantitative estimate of drug-likeness (QED) is 0.630. The van der Waals surface area contributed by atoms with Crippen LogP contribution in [0.5, 0.6) is 0 Å². The first-order valence-electron chi connectivity index (χ1n) is 10.3. The molecular formula is C24H24F2N2O3S. The molecule has 5 nitrogen and oxygen atoms in total. The van der Waals surface area contributed by atoms with Gasteiger partial charge in [0.25, 0.3) is 0 Å². The Kier molecular flexibility index (Phi) is 6.28. The first kappa shape index (κ1) is 22.4. The molecule has 8 heteroatoms. The number of aliphatic hydroxyl groups is 1. The van der Waals surface area contributed by atoms with Crippen LogP contribution in [0.4, 0.5) is 14.5 Å². The Labute approximate surface area is 186 Å². The van der Waals surface area contributed by atoms with Crippen LogP contribution < -0.4 is 4.90 Å². The third kappa shape index (κ3) is 4.67. The zero-order chi connectivity index (χ0) is 22.9. The summed E-state index contributed by atoms with van der Waals surface area (Å²) in [6.07, 6.45) is 0.101. The van der Waals surface area contributed by atoms with Gasteiger partial charge in [0.1, 0.15) is 17.9 Å². The number of anilines is 1. The smallest absolute Gasteiger partial charge is 0.175 e. The number of halogens is 2. The molecule has 0 aliphatic carbocycles. The summed E-state index contributed by atoms with van der Waals surface area (Å²) >= 11 is 0. The maximum absolute atomic E-state index is 14.2. The molecule has 0 spiro atoms. The Balaban J connectivity index is 1.60. The summed E-state index contributed by atoms with van der Waals surface area (Å²) in [4.78, 5) is 3.77. The minimum Gasteiger partial charge on any atom is -0.374 e. The number of rotatable bonds is 5. The van der Waals surface area contributed by atoms with E-state index >= 15 is 0 Å². The van der Waals surface area contributed by atoms with Crippen molar-refractivity contribution < 1.29 is 22.3 Å². The normalized spacial score (nSPS) is 16.2. The van der Waals surface area contributed by atoms with Crippen LogP contribution in [0.15, 0.2) is 71.6 Å². The number of nitrogens with zero attached hydrogens (tertiary/aromatic N) is 2. The average Bonchev–Trinajstić information content (AvgIpc) is 2.78. The Morgan fingerprint density at radius 3 is 2.22 bits per heavy atom. The molecule has 1 saturated heterocycles. The number of aliphatic hydroxyl groups excluding tert-OH is 1. The number of piperazine rings is 1. The Morgan fingerprint density at radius 1 is 0.906 bits per heavy atom. The predicted molar refractivity (Wildman–Crippen MR) is 120 cm³/mol. The van der Waals surface area contributed by atoms with E-state index in [1.54, 1.807) is 12.1 Å². The Bertz CT molecular complexity index is 1210. The van der Waals surface area contributed by atoms with Crippen LogP contribution in [0.1, 0.15) is 11.8 Å². The van der Waals surface area contributed by atoms with Gasteiger partial charge >= 0.3 is 0 Å². The molecule has 0 amide bonds. The van der Waals surface area contributed by atoms with E-state index in [1.165, 1.54) is 18.2 Å². The first-order valence-corrected chi connectivity index (χ1v) is 12.1. The van der Waals surface area contributed by atoms with Crippen molar-refractivity contribution in [1.29, 1.82) is 0 Å². The van der Waals surface area contributed by atoms with Crippen molar-refractivity contribution in [3.8, 4) is 11.1 Å². The van der Waals surface area contributed by atoms with Crippen molar-refractivity contribution in [1.82, 2.24) is 4.90 Å². The summed E-state index contributed by atoms with van der Waals surface area (Å²) in [5.41, 5.74) is 2.44. The van der Waals surface area contributed by atoms with Gasteiger partial charge in [-0.05, 0) is 35.4 Å². The van der Waals surface area contributed by atoms with E-state index in [2.05, 4.69) is 0 Å². The second-order valence-corrected chi connectivity index (χ2v) is 9.90. The zero-order valence-electron chi connectivity index (χ0n) is 17.6. The van der Waals surface area contributed by atoms with Gasteiger partial charge in [0.15, 0.2) is 9.84 Å². The van der Waals surface area contributed by atoms with E-state index in [1.807, 2.05) is 40.1 Å². The fourth-order valence-corrected chi connectivity index (χ4v) is 4.66. The number of sulfone groups is 1. The molecule has 1 aliphatic rings. The van der Waals surface area contributed by atoms with Crippen molar-refractivity contribution in [2.24, 2.45) is 0 Å². The van der Waals surface area contributed by atoms with E-state index in [-0.39, 0.29) is 4.90 Å². The topological polar surface area (TPSA) is 60.9 Å². The minimum absolute atomic E-state index is 0.137. The summed E-state index contributed by atoms with van der Waals surface area (Å²) < 4.78 is 51.6. The lowest BCUT2D eigenvalue weighted by Gasteiger charge is -2.39. The van der Waals surface area contributed by atoms with Crippen LogP contribution in [-0.4, -0.2) is 50.9 Å². The van der Waals surface area contributed by atoms with Gasteiger partial charge in [-0.15, -0.1) is 0 Å². The molecule has 3 aromatic carbocycles. The molecule has 32 heavy (non-hydrogen) atoms. The highest BCUT2D eigenvalue weighted by atomic mass is 32.2. The van der Waals surface area contributed by atoms with Crippen molar-refractivity contribution in [2.45, 2.75) is 11.1 Å². The highest BCUT2D eigenvalue weighted by Crippen LogP contribution is 2.33. The van der Waals surface area contributed by atoms with Crippen molar-refractivity contribution in [2.75, 3.05) is 37.3 Å². The molecule has 3 aromatic rings. The number of benzene rings is 3. The lowest BCUT2D eigenvalue weighted by Crippen LogP contribution is -2.48. The van der Waals surface area contributed by atoms with E-state index in [0.717, 1.165) is 23.4 Å². The first-order chi connectivity index (χ1) is 15.2. The van der Waals surface area contributed by atoms with Crippen molar-refractivity contribution in [3.05, 3.63) is 83.9 Å².